The van der Waals surface area contributed by atoms with E-state index in [4.69, 9.17) is 4.74 Å². The summed E-state index contributed by atoms with van der Waals surface area (Å²) in [6, 6.07) is 23.5. The van der Waals surface area contributed by atoms with Gasteiger partial charge in [-0.2, -0.15) is 9.78 Å². The molecule has 0 N–H and O–H groups in total. The molecule has 0 aliphatic heterocycles. The maximum atomic E-state index is 11.1. The van der Waals surface area contributed by atoms with Crippen LogP contribution >= 0.6 is 11.8 Å². The number of hydrogen-bond donors (Lipinski definition) is 0. The monoisotopic (exact) mass is 512 g/mol. The quantitative estimate of drug-likeness (QED) is 0.121. The Kier molecular flexibility index (Phi) is 6.99. The number of non-ortho nitro benzene ring substituents is 1. The van der Waals surface area contributed by atoms with Gasteiger partial charge in [0.05, 0.1) is 35.8 Å². The van der Waals surface area contributed by atoms with E-state index in [2.05, 4.69) is 25.6 Å². The van der Waals surface area contributed by atoms with Crippen molar-refractivity contribution in [3.63, 3.8) is 0 Å². The molecule has 37 heavy (non-hydrogen) atoms. The fourth-order valence-electron chi connectivity index (χ4n) is 3.42. The highest BCUT2D eigenvalue weighted by atomic mass is 32.2. The van der Waals surface area contributed by atoms with Crippen LogP contribution in [0.4, 0.5) is 5.69 Å². The van der Waals surface area contributed by atoms with Gasteiger partial charge >= 0.3 is 0 Å². The van der Waals surface area contributed by atoms with Gasteiger partial charge in [-0.15, -0.1) is 15.3 Å². The summed E-state index contributed by atoms with van der Waals surface area (Å²) in [6.45, 7) is 0. The number of nitro groups is 1. The molecule has 5 aromatic rings. The van der Waals surface area contributed by atoms with Crippen molar-refractivity contribution in [1.82, 2.24) is 29.9 Å². The summed E-state index contributed by atoms with van der Waals surface area (Å²) < 4.78 is 8.41. The van der Waals surface area contributed by atoms with E-state index in [0.717, 1.165) is 16.9 Å². The van der Waals surface area contributed by atoms with E-state index in [1.165, 1.54) is 28.6 Å². The summed E-state index contributed by atoms with van der Waals surface area (Å²) in [5.74, 6) is 1.81. The van der Waals surface area contributed by atoms with Gasteiger partial charge in [-0.1, -0.05) is 53.4 Å². The molecule has 2 heterocycles. The van der Waals surface area contributed by atoms with Gasteiger partial charge in [0, 0.05) is 23.4 Å². The summed E-state index contributed by atoms with van der Waals surface area (Å²) in [5.41, 5.74) is 2.98. The molecule has 0 bridgehead atoms. The summed E-state index contributed by atoms with van der Waals surface area (Å²) >= 11 is 1.40. The van der Waals surface area contributed by atoms with Crippen LogP contribution in [0.1, 0.15) is 11.3 Å². The molecule has 0 saturated heterocycles. The molecule has 5 rings (SSSR count). The third-order valence-electron chi connectivity index (χ3n) is 5.28. The van der Waals surface area contributed by atoms with Crippen LogP contribution in [0, 0.1) is 10.1 Å². The predicted octanol–water partition coefficient (Wildman–Crippen LogP) is 4.62. The van der Waals surface area contributed by atoms with Crippen molar-refractivity contribution < 1.29 is 9.66 Å². The van der Waals surface area contributed by atoms with E-state index in [1.54, 1.807) is 36.3 Å². The van der Waals surface area contributed by atoms with Crippen LogP contribution < -0.4 is 4.74 Å². The molecule has 0 unspecified atom stereocenters. The standard InChI is InChI=1S/C25H20N8O3S/c1-36-23-12-10-18(11-13-23)15-26-32-24(19-6-3-2-4-7-19)28-29-25(32)37-17-20-16-31(30-27-20)21-8-5-9-22(14-21)33(34)35/h2-16H,17H2,1H3/b26-15+. The Balaban J connectivity index is 1.38. The lowest BCUT2D eigenvalue weighted by Crippen LogP contribution is -1.97. The Morgan fingerprint density at radius 1 is 1.03 bits per heavy atom. The molecule has 0 spiro atoms. The normalized spacial score (nSPS) is 11.2. The van der Waals surface area contributed by atoms with Gasteiger partial charge in [0.15, 0.2) is 5.82 Å². The minimum Gasteiger partial charge on any atom is -0.497 e. The van der Waals surface area contributed by atoms with Crippen LogP contribution in [0.2, 0.25) is 0 Å². The van der Waals surface area contributed by atoms with Crippen LogP contribution in [-0.4, -0.2) is 48.1 Å². The number of methoxy groups -OCH3 is 1. The maximum Gasteiger partial charge on any atom is 0.271 e. The molecule has 0 fully saturated rings. The van der Waals surface area contributed by atoms with Gasteiger partial charge in [-0.05, 0) is 35.9 Å². The second-order valence-electron chi connectivity index (χ2n) is 7.72. The zero-order chi connectivity index (χ0) is 25.6. The molecule has 184 valence electrons. The van der Waals surface area contributed by atoms with Gasteiger partial charge in [0.1, 0.15) is 5.75 Å². The van der Waals surface area contributed by atoms with Gasteiger partial charge in [0.25, 0.3) is 5.69 Å². The molecular weight excluding hydrogens is 492 g/mol. The number of nitrogens with zero attached hydrogens (tertiary/aromatic N) is 8. The second kappa shape index (κ2) is 10.8. The molecular formula is C25H20N8O3S. The Labute approximate surface area is 215 Å². The minimum absolute atomic E-state index is 0.0137. The zero-order valence-electron chi connectivity index (χ0n) is 19.6. The molecule has 0 atom stereocenters. The van der Waals surface area contributed by atoms with Crippen LogP contribution in [0.25, 0.3) is 17.1 Å². The summed E-state index contributed by atoms with van der Waals surface area (Å²) in [5, 5.41) is 33.4. The molecule has 0 aliphatic carbocycles. The first-order chi connectivity index (χ1) is 18.1. The topological polar surface area (TPSA) is 126 Å². The number of thioether (sulfide) groups is 1. The fourth-order valence-corrected chi connectivity index (χ4v) is 4.18. The van der Waals surface area contributed by atoms with Crippen molar-refractivity contribution in [3.05, 3.63) is 106 Å². The number of rotatable bonds is 9. The van der Waals surface area contributed by atoms with Crippen molar-refractivity contribution in [1.29, 1.82) is 0 Å². The lowest BCUT2D eigenvalue weighted by molar-refractivity contribution is -0.384. The largest absolute Gasteiger partial charge is 0.497 e. The highest BCUT2D eigenvalue weighted by Gasteiger charge is 2.15. The molecule has 12 heteroatoms. The number of ether oxygens (including phenoxy) is 1. The second-order valence-corrected chi connectivity index (χ2v) is 8.66. The third-order valence-corrected chi connectivity index (χ3v) is 6.23. The van der Waals surface area contributed by atoms with Crippen LogP contribution in [0.15, 0.2) is 95.3 Å². The van der Waals surface area contributed by atoms with Crippen molar-refractivity contribution in [2.45, 2.75) is 10.9 Å². The third kappa shape index (κ3) is 5.54. The molecule has 0 saturated carbocycles. The van der Waals surface area contributed by atoms with Gasteiger partial charge in [-0.3, -0.25) is 10.1 Å². The lowest BCUT2D eigenvalue weighted by atomic mass is 10.2. The number of hydrogen-bond acceptors (Lipinski definition) is 9. The summed E-state index contributed by atoms with van der Waals surface area (Å²) in [6.07, 6.45) is 3.46. The molecule has 0 aliphatic rings. The highest BCUT2D eigenvalue weighted by Crippen LogP contribution is 2.26. The van der Waals surface area contributed by atoms with Crippen molar-refractivity contribution in [3.8, 4) is 22.8 Å². The maximum absolute atomic E-state index is 11.1. The molecule has 0 radical (unpaired) electrons. The minimum atomic E-state index is -0.444. The molecule has 3 aromatic carbocycles. The SMILES string of the molecule is COc1ccc(/C=N/n2c(SCc3cn(-c4cccc([N+](=O)[O-])c4)nn3)nnc2-c2ccccc2)cc1. The highest BCUT2D eigenvalue weighted by molar-refractivity contribution is 7.98. The van der Waals surface area contributed by atoms with Crippen molar-refractivity contribution in [2.75, 3.05) is 7.11 Å². The van der Waals surface area contributed by atoms with E-state index in [-0.39, 0.29) is 5.69 Å². The number of nitro benzene ring substituents is 1. The number of benzene rings is 3. The average Bonchev–Trinajstić information content (AvgIpc) is 3.58. The van der Waals surface area contributed by atoms with Crippen LogP contribution in [0.5, 0.6) is 5.75 Å². The Morgan fingerprint density at radius 2 is 1.84 bits per heavy atom. The summed E-state index contributed by atoms with van der Waals surface area (Å²) in [4.78, 5) is 10.6. The van der Waals surface area contributed by atoms with E-state index in [9.17, 15) is 10.1 Å². The Hall–Kier alpha value is -4.84. The van der Waals surface area contributed by atoms with E-state index in [0.29, 0.717) is 28.1 Å². The first kappa shape index (κ1) is 23.9. The van der Waals surface area contributed by atoms with Gasteiger partial charge < -0.3 is 4.74 Å². The first-order valence-electron chi connectivity index (χ1n) is 11.1. The first-order valence-corrected chi connectivity index (χ1v) is 12.1. The van der Waals surface area contributed by atoms with Gasteiger partial charge in [0.2, 0.25) is 5.16 Å². The van der Waals surface area contributed by atoms with Crippen molar-refractivity contribution >= 4 is 23.7 Å². The Bertz CT molecular complexity index is 1550. The molecule has 0 amide bonds. The van der Waals surface area contributed by atoms with Crippen LogP contribution in [0.3, 0.4) is 0 Å². The zero-order valence-corrected chi connectivity index (χ0v) is 20.4. The summed E-state index contributed by atoms with van der Waals surface area (Å²) in [7, 11) is 1.62. The molecule has 11 nitrogen and oxygen atoms in total. The van der Waals surface area contributed by atoms with E-state index < -0.39 is 4.92 Å². The Morgan fingerprint density at radius 3 is 2.59 bits per heavy atom. The number of aromatic nitrogens is 6. The van der Waals surface area contributed by atoms with Crippen molar-refractivity contribution in [2.24, 2.45) is 5.10 Å². The van der Waals surface area contributed by atoms with Crippen LogP contribution in [-0.2, 0) is 5.75 Å². The average molecular weight is 513 g/mol. The van der Waals surface area contributed by atoms with E-state index in [1.807, 2.05) is 54.6 Å². The molecule has 2 aromatic heterocycles. The predicted molar refractivity (Wildman–Crippen MR) is 139 cm³/mol. The fraction of sp³-hybridized carbons (Fsp3) is 0.0800. The van der Waals surface area contributed by atoms with E-state index >= 15 is 0 Å². The lowest BCUT2D eigenvalue weighted by Gasteiger charge is -2.04. The smallest absolute Gasteiger partial charge is 0.271 e. The van der Waals surface area contributed by atoms with Gasteiger partial charge in [-0.25, -0.2) is 4.68 Å².